The molecular formula is C26H31FN4O4. The van der Waals surface area contributed by atoms with E-state index in [9.17, 15) is 18.8 Å². The highest BCUT2D eigenvalue weighted by atomic mass is 19.1. The van der Waals surface area contributed by atoms with Crippen LogP contribution in [0.1, 0.15) is 37.3 Å². The molecule has 2 aliphatic heterocycles. The smallest absolute Gasteiger partial charge is 0.325 e. The van der Waals surface area contributed by atoms with Crippen LogP contribution in [0.5, 0.6) is 0 Å². The van der Waals surface area contributed by atoms with Crippen LogP contribution in [0, 0.1) is 5.82 Å². The second-order valence-electron chi connectivity index (χ2n) is 8.97. The van der Waals surface area contributed by atoms with Crippen LogP contribution in [0.25, 0.3) is 0 Å². The number of benzene rings is 2. The lowest BCUT2D eigenvalue weighted by Crippen LogP contribution is -2.44. The summed E-state index contributed by atoms with van der Waals surface area (Å²) < 4.78 is 18.9. The number of carbonyl (C=O) groups is 3. The summed E-state index contributed by atoms with van der Waals surface area (Å²) >= 11 is 0. The molecule has 186 valence electrons. The molecule has 0 saturated carbocycles. The Kier molecular flexibility index (Phi) is 7.77. The number of nitrogens with zero attached hydrogens (tertiary/aromatic N) is 2. The number of ether oxygens (including phenoxy) is 1. The summed E-state index contributed by atoms with van der Waals surface area (Å²) in [6.07, 6.45) is 1.86. The first-order chi connectivity index (χ1) is 16.9. The molecule has 0 aromatic heterocycles. The molecule has 2 aromatic carbocycles. The predicted molar refractivity (Wildman–Crippen MR) is 129 cm³/mol. The van der Waals surface area contributed by atoms with Gasteiger partial charge in [-0.05, 0) is 41.8 Å². The van der Waals surface area contributed by atoms with Crippen LogP contribution in [0.3, 0.4) is 0 Å². The highest BCUT2D eigenvalue weighted by Crippen LogP contribution is 2.34. The molecule has 0 spiro atoms. The van der Waals surface area contributed by atoms with Crippen LogP contribution < -0.4 is 10.6 Å². The normalized spacial score (nSPS) is 20.7. The maximum atomic E-state index is 13.5. The highest BCUT2D eigenvalue weighted by Gasteiger charge is 2.52. The molecule has 8 nitrogen and oxygen atoms in total. The van der Waals surface area contributed by atoms with Crippen molar-refractivity contribution in [3.8, 4) is 0 Å². The van der Waals surface area contributed by atoms with Crippen molar-refractivity contribution < 1.29 is 23.5 Å². The van der Waals surface area contributed by atoms with Gasteiger partial charge in [-0.25, -0.2) is 9.18 Å². The van der Waals surface area contributed by atoms with Gasteiger partial charge in [0, 0.05) is 25.3 Å². The second kappa shape index (κ2) is 11.0. The Hall–Kier alpha value is -3.30. The molecule has 0 aliphatic carbocycles. The first-order valence-electron chi connectivity index (χ1n) is 12.0. The van der Waals surface area contributed by atoms with Gasteiger partial charge in [-0.2, -0.15) is 0 Å². The minimum atomic E-state index is -1.30. The van der Waals surface area contributed by atoms with Gasteiger partial charge in [0.15, 0.2) is 0 Å². The van der Waals surface area contributed by atoms with Crippen molar-refractivity contribution >= 4 is 23.5 Å². The van der Waals surface area contributed by atoms with Crippen molar-refractivity contribution in [1.82, 2.24) is 15.1 Å². The predicted octanol–water partition coefficient (Wildman–Crippen LogP) is 3.23. The van der Waals surface area contributed by atoms with E-state index in [1.165, 1.54) is 24.3 Å². The lowest BCUT2D eigenvalue weighted by Gasteiger charge is -2.27. The number of nitrogens with one attached hydrogen (secondary N) is 2. The zero-order valence-corrected chi connectivity index (χ0v) is 19.9. The van der Waals surface area contributed by atoms with E-state index in [1.807, 2.05) is 31.2 Å². The summed E-state index contributed by atoms with van der Waals surface area (Å²) in [5.74, 6) is -1.40. The molecule has 0 radical (unpaired) electrons. The van der Waals surface area contributed by atoms with Crippen molar-refractivity contribution in [2.45, 2.75) is 38.3 Å². The summed E-state index contributed by atoms with van der Waals surface area (Å²) in [4.78, 5) is 42.1. The van der Waals surface area contributed by atoms with E-state index in [2.05, 4.69) is 15.5 Å². The van der Waals surface area contributed by atoms with Gasteiger partial charge in [0.05, 0.1) is 13.2 Å². The molecular weight excluding hydrogens is 451 g/mol. The summed E-state index contributed by atoms with van der Waals surface area (Å²) in [5.41, 5.74) is 0.911. The number of halogens is 1. The number of urea groups is 1. The fraction of sp³-hybridized carbons (Fsp3) is 0.423. The van der Waals surface area contributed by atoms with E-state index in [1.54, 1.807) is 0 Å². The third-order valence-electron chi connectivity index (χ3n) is 6.47. The van der Waals surface area contributed by atoms with Crippen molar-refractivity contribution in [2.75, 3.05) is 38.2 Å². The average molecular weight is 483 g/mol. The summed E-state index contributed by atoms with van der Waals surface area (Å²) in [6.45, 7) is 5.63. The molecule has 1 atom stereocenters. The number of unbranched alkanes of at least 4 members (excludes halogenated alkanes) is 1. The maximum absolute atomic E-state index is 13.5. The molecule has 2 fully saturated rings. The van der Waals surface area contributed by atoms with Crippen LogP contribution in [0.2, 0.25) is 0 Å². The molecule has 2 aromatic rings. The third kappa shape index (κ3) is 5.68. The second-order valence-corrected chi connectivity index (χ2v) is 8.97. The zero-order chi connectivity index (χ0) is 24.8. The number of imide groups is 1. The standard InChI is InChI=1S/C26H31FN4O4/c1-2-3-12-26(20-6-8-21(27)9-7-20)24(33)31(25(34)29-26)18-23(32)28-22-10-4-19(5-11-22)17-30-13-15-35-16-14-30/h4-11H,2-3,12-18H2,1H3,(H,28,32)(H,29,34). The van der Waals surface area contributed by atoms with E-state index in [0.717, 1.165) is 49.7 Å². The molecule has 35 heavy (non-hydrogen) atoms. The Balaban J connectivity index is 1.40. The third-order valence-corrected chi connectivity index (χ3v) is 6.47. The minimum Gasteiger partial charge on any atom is -0.379 e. The van der Waals surface area contributed by atoms with Crippen molar-refractivity contribution in [3.63, 3.8) is 0 Å². The summed E-state index contributed by atoms with van der Waals surface area (Å²) in [6, 6.07) is 12.4. The van der Waals surface area contributed by atoms with E-state index in [0.29, 0.717) is 24.1 Å². The number of hydrogen-bond donors (Lipinski definition) is 2. The van der Waals surface area contributed by atoms with Crippen LogP contribution in [-0.2, 0) is 26.4 Å². The van der Waals surface area contributed by atoms with Gasteiger partial charge in [-0.3, -0.25) is 19.4 Å². The lowest BCUT2D eigenvalue weighted by molar-refractivity contribution is -0.134. The Morgan fingerprint density at radius 3 is 2.43 bits per heavy atom. The van der Waals surface area contributed by atoms with Crippen LogP contribution >= 0.6 is 0 Å². The lowest BCUT2D eigenvalue weighted by atomic mass is 9.85. The van der Waals surface area contributed by atoms with Crippen LogP contribution in [-0.4, -0.2) is 60.5 Å². The van der Waals surface area contributed by atoms with Gasteiger partial charge in [-0.15, -0.1) is 0 Å². The Bertz CT molecular complexity index is 1050. The number of rotatable bonds is 9. The molecule has 2 N–H and O–H groups in total. The van der Waals surface area contributed by atoms with E-state index in [-0.39, 0.29) is 0 Å². The first-order valence-corrected chi connectivity index (χ1v) is 12.0. The Morgan fingerprint density at radius 1 is 1.09 bits per heavy atom. The molecule has 4 rings (SSSR count). The largest absolute Gasteiger partial charge is 0.379 e. The van der Waals surface area contributed by atoms with Crippen molar-refractivity contribution in [3.05, 3.63) is 65.5 Å². The zero-order valence-electron chi connectivity index (χ0n) is 19.9. The highest BCUT2D eigenvalue weighted by molar-refractivity contribution is 6.10. The van der Waals surface area contributed by atoms with E-state index in [4.69, 9.17) is 4.74 Å². The molecule has 2 aliphatic rings. The number of morpholine rings is 1. The fourth-order valence-corrected chi connectivity index (χ4v) is 4.51. The average Bonchev–Trinajstić information content (AvgIpc) is 3.10. The molecule has 0 bridgehead atoms. The van der Waals surface area contributed by atoms with Crippen LogP contribution in [0.15, 0.2) is 48.5 Å². The first kappa shape index (κ1) is 24.8. The fourth-order valence-electron chi connectivity index (χ4n) is 4.51. The molecule has 9 heteroatoms. The molecule has 2 saturated heterocycles. The Morgan fingerprint density at radius 2 is 1.77 bits per heavy atom. The molecule has 4 amide bonds. The van der Waals surface area contributed by atoms with Crippen molar-refractivity contribution in [1.29, 1.82) is 0 Å². The quantitative estimate of drug-likeness (QED) is 0.536. The monoisotopic (exact) mass is 482 g/mol. The van der Waals surface area contributed by atoms with Gasteiger partial charge in [0.2, 0.25) is 5.91 Å². The van der Waals surface area contributed by atoms with Gasteiger partial charge < -0.3 is 15.4 Å². The SMILES string of the molecule is CCCCC1(c2ccc(F)cc2)NC(=O)N(CC(=O)Nc2ccc(CN3CCOCC3)cc2)C1=O. The van der Waals surface area contributed by atoms with Gasteiger partial charge >= 0.3 is 6.03 Å². The van der Waals surface area contributed by atoms with Gasteiger partial charge in [-0.1, -0.05) is 44.0 Å². The van der Waals surface area contributed by atoms with E-state index >= 15 is 0 Å². The van der Waals surface area contributed by atoms with Crippen LogP contribution in [0.4, 0.5) is 14.9 Å². The summed E-state index contributed by atoms with van der Waals surface area (Å²) in [7, 11) is 0. The van der Waals surface area contributed by atoms with Crippen molar-refractivity contribution in [2.24, 2.45) is 0 Å². The Labute approximate surface area is 204 Å². The molecule has 1 unspecified atom stereocenters. The maximum Gasteiger partial charge on any atom is 0.325 e. The van der Waals surface area contributed by atoms with E-state index < -0.39 is 35.7 Å². The molecule has 2 heterocycles. The van der Waals surface area contributed by atoms with Gasteiger partial charge in [0.1, 0.15) is 17.9 Å². The number of hydrogen-bond acceptors (Lipinski definition) is 5. The topological polar surface area (TPSA) is 91.0 Å². The number of carbonyl (C=O) groups excluding carboxylic acids is 3. The minimum absolute atomic E-state index is 0.364. The number of anilines is 1. The summed E-state index contributed by atoms with van der Waals surface area (Å²) in [5, 5.41) is 5.54. The number of amides is 4. The van der Waals surface area contributed by atoms with Gasteiger partial charge in [0.25, 0.3) is 5.91 Å².